The molecule has 1 N–H and O–H groups in total. The lowest BCUT2D eigenvalue weighted by Crippen LogP contribution is -1.74. The van der Waals surface area contributed by atoms with E-state index in [-0.39, 0.29) is 6.61 Å². The van der Waals surface area contributed by atoms with Crippen LogP contribution in [0.4, 0.5) is 0 Å². The summed E-state index contributed by atoms with van der Waals surface area (Å²) in [6.45, 7) is -0.0745. The summed E-state index contributed by atoms with van der Waals surface area (Å²) >= 11 is 5.38. The summed E-state index contributed by atoms with van der Waals surface area (Å²) in [4.78, 5) is 0. The zero-order chi connectivity index (χ0) is 14.5. The minimum absolute atomic E-state index is 0.0745. The van der Waals surface area contributed by atoms with Crippen LogP contribution in [0.5, 0.6) is 0 Å². The van der Waals surface area contributed by atoms with Crippen molar-refractivity contribution in [1.29, 1.82) is 0 Å². The Morgan fingerprint density at radius 2 is 1.20 bits per heavy atom. The largest absolute Gasteiger partial charge is 0.384 e. The van der Waals surface area contributed by atoms with Crippen molar-refractivity contribution in [3.05, 3.63) is 71.8 Å². The fourth-order valence-corrected chi connectivity index (χ4v) is 1.39. The second kappa shape index (κ2) is 10.7. The summed E-state index contributed by atoms with van der Waals surface area (Å²) in [7, 11) is 0. The van der Waals surface area contributed by atoms with Crippen LogP contribution in [0.25, 0.3) is 0 Å². The maximum atomic E-state index is 8.35. The highest BCUT2D eigenvalue weighted by molar-refractivity contribution is 6.19. The van der Waals surface area contributed by atoms with E-state index < -0.39 is 0 Å². The second-order valence-electron chi connectivity index (χ2n) is 3.63. The van der Waals surface area contributed by atoms with Crippen LogP contribution in [-0.4, -0.2) is 17.6 Å². The highest BCUT2D eigenvalue weighted by Crippen LogP contribution is 1.94. The van der Waals surface area contributed by atoms with E-state index >= 15 is 0 Å². The zero-order valence-electron chi connectivity index (χ0n) is 11.0. The van der Waals surface area contributed by atoms with E-state index in [0.717, 1.165) is 11.1 Å². The molecule has 0 heterocycles. The van der Waals surface area contributed by atoms with Crippen molar-refractivity contribution in [3.8, 4) is 23.7 Å². The minimum Gasteiger partial charge on any atom is -0.384 e. The molecular weight excluding hydrogens is 268 g/mol. The van der Waals surface area contributed by atoms with Crippen molar-refractivity contribution in [3.63, 3.8) is 0 Å². The first-order chi connectivity index (χ1) is 9.86. The van der Waals surface area contributed by atoms with Crippen LogP contribution in [0, 0.1) is 23.7 Å². The predicted octanol–water partition coefficient (Wildman–Crippen LogP) is 3.31. The smallest absolute Gasteiger partial charge is 0.104 e. The summed E-state index contributed by atoms with van der Waals surface area (Å²) < 4.78 is 0. The van der Waals surface area contributed by atoms with Crippen LogP contribution >= 0.6 is 11.6 Å². The van der Waals surface area contributed by atoms with Gasteiger partial charge in [0, 0.05) is 11.1 Å². The van der Waals surface area contributed by atoms with Crippen LogP contribution in [0.15, 0.2) is 60.7 Å². The molecule has 1 nitrogen and oxygen atoms in total. The molecule has 0 fully saturated rings. The molecule has 0 aliphatic rings. The first-order valence-electron chi connectivity index (χ1n) is 6.11. The number of benzene rings is 2. The third kappa shape index (κ3) is 7.29. The fraction of sp³-hybridized carbons (Fsp3) is 0.111. The van der Waals surface area contributed by atoms with Crippen molar-refractivity contribution < 1.29 is 5.11 Å². The van der Waals surface area contributed by atoms with Gasteiger partial charge in [-0.3, -0.25) is 0 Å². The number of alkyl halides is 1. The quantitative estimate of drug-likeness (QED) is 0.581. The van der Waals surface area contributed by atoms with Gasteiger partial charge in [0.05, 0.1) is 5.88 Å². The molecule has 0 aliphatic carbocycles. The second-order valence-corrected chi connectivity index (χ2v) is 3.89. The van der Waals surface area contributed by atoms with Crippen LogP contribution in [0.1, 0.15) is 11.1 Å². The molecule has 0 spiro atoms. The standard InChI is InChI=1S/C9H7Cl.C9H8O/c2*10-8-4-7-9-5-2-1-3-6-9/h1-3,5-6H,8H2;1-3,5-6,10H,8H2. The molecule has 0 bridgehead atoms. The van der Waals surface area contributed by atoms with E-state index in [9.17, 15) is 0 Å². The van der Waals surface area contributed by atoms with E-state index in [2.05, 4.69) is 23.7 Å². The molecule has 0 amide bonds. The van der Waals surface area contributed by atoms with E-state index in [4.69, 9.17) is 16.7 Å². The van der Waals surface area contributed by atoms with Gasteiger partial charge in [-0.05, 0) is 24.3 Å². The molecule has 0 atom stereocenters. The number of aliphatic hydroxyl groups excluding tert-OH is 1. The van der Waals surface area contributed by atoms with E-state index in [1.165, 1.54) is 0 Å². The highest BCUT2D eigenvalue weighted by Gasteiger charge is 1.79. The van der Waals surface area contributed by atoms with E-state index in [1.807, 2.05) is 60.7 Å². The monoisotopic (exact) mass is 282 g/mol. The SMILES string of the molecule is ClCC#Cc1ccccc1.OCC#Cc1ccccc1. The summed E-state index contributed by atoms with van der Waals surface area (Å²) in [6, 6.07) is 19.4. The Balaban J connectivity index is 0.000000200. The van der Waals surface area contributed by atoms with Gasteiger partial charge in [0.1, 0.15) is 6.61 Å². The Kier molecular flexibility index (Phi) is 8.49. The number of aliphatic hydroxyl groups is 1. The Bertz CT molecular complexity index is 540. The molecule has 0 aromatic heterocycles. The average molecular weight is 283 g/mol. The van der Waals surface area contributed by atoms with Gasteiger partial charge >= 0.3 is 0 Å². The maximum Gasteiger partial charge on any atom is 0.104 e. The van der Waals surface area contributed by atoms with Crippen molar-refractivity contribution in [2.24, 2.45) is 0 Å². The molecule has 2 heteroatoms. The normalized spacial score (nSPS) is 8.10. The number of halogens is 1. The van der Waals surface area contributed by atoms with Crippen LogP contribution in [0.2, 0.25) is 0 Å². The van der Waals surface area contributed by atoms with Gasteiger partial charge in [-0.2, -0.15) is 0 Å². The van der Waals surface area contributed by atoms with Crippen LogP contribution in [-0.2, 0) is 0 Å². The van der Waals surface area contributed by atoms with E-state index in [0.29, 0.717) is 5.88 Å². The molecule has 2 rings (SSSR count). The Labute approximate surface area is 125 Å². The van der Waals surface area contributed by atoms with E-state index in [1.54, 1.807) is 0 Å². The summed E-state index contributed by atoms with van der Waals surface area (Å²) in [6.07, 6.45) is 0. The lowest BCUT2D eigenvalue weighted by atomic mass is 10.2. The highest BCUT2D eigenvalue weighted by atomic mass is 35.5. The zero-order valence-corrected chi connectivity index (χ0v) is 11.8. The van der Waals surface area contributed by atoms with Crippen molar-refractivity contribution >= 4 is 11.6 Å². The van der Waals surface area contributed by atoms with Crippen LogP contribution < -0.4 is 0 Å². The Morgan fingerprint density at radius 3 is 1.60 bits per heavy atom. The predicted molar refractivity (Wildman–Crippen MR) is 84.4 cm³/mol. The molecule has 0 saturated heterocycles. The van der Waals surface area contributed by atoms with Gasteiger partial charge in [-0.15, -0.1) is 11.6 Å². The molecular formula is C18H15ClO. The third-order valence-electron chi connectivity index (χ3n) is 2.16. The fourth-order valence-electron chi connectivity index (χ4n) is 1.32. The molecule has 0 aliphatic heterocycles. The first-order valence-corrected chi connectivity index (χ1v) is 6.65. The molecule has 2 aromatic rings. The number of hydrogen-bond donors (Lipinski definition) is 1. The summed E-state index contributed by atoms with van der Waals surface area (Å²) in [5.74, 6) is 11.5. The van der Waals surface area contributed by atoms with Gasteiger partial charge in [0.25, 0.3) is 0 Å². The Hall–Kier alpha value is -2.19. The molecule has 0 unspecified atom stereocenters. The first kappa shape index (κ1) is 15.9. The van der Waals surface area contributed by atoms with Crippen molar-refractivity contribution in [1.82, 2.24) is 0 Å². The Morgan fingerprint density at radius 1 is 0.750 bits per heavy atom. The number of hydrogen-bond acceptors (Lipinski definition) is 1. The minimum atomic E-state index is -0.0745. The lowest BCUT2D eigenvalue weighted by Gasteiger charge is -1.84. The molecule has 100 valence electrons. The van der Waals surface area contributed by atoms with Crippen molar-refractivity contribution in [2.45, 2.75) is 0 Å². The summed E-state index contributed by atoms with van der Waals surface area (Å²) in [5.41, 5.74) is 1.96. The summed E-state index contributed by atoms with van der Waals surface area (Å²) in [5, 5.41) is 8.35. The van der Waals surface area contributed by atoms with Crippen LogP contribution in [0.3, 0.4) is 0 Å². The average Bonchev–Trinajstić information content (AvgIpc) is 2.53. The maximum absolute atomic E-state index is 8.35. The molecule has 2 aromatic carbocycles. The molecule has 20 heavy (non-hydrogen) atoms. The number of rotatable bonds is 0. The van der Waals surface area contributed by atoms with Gasteiger partial charge in [0.2, 0.25) is 0 Å². The van der Waals surface area contributed by atoms with Gasteiger partial charge in [0.15, 0.2) is 0 Å². The van der Waals surface area contributed by atoms with Gasteiger partial charge < -0.3 is 5.11 Å². The van der Waals surface area contributed by atoms with Gasteiger partial charge in [-0.1, -0.05) is 60.1 Å². The van der Waals surface area contributed by atoms with Crippen molar-refractivity contribution in [2.75, 3.05) is 12.5 Å². The molecule has 0 saturated carbocycles. The molecule has 0 radical (unpaired) electrons. The third-order valence-corrected chi connectivity index (χ3v) is 2.29. The topological polar surface area (TPSA) is 20.2 Å². The van der Waals surface area contributed by atoms with Gasteiger partial charge in [-0.25, -0.2) is 0 Å². The lowest BCUT2D eigenvalue weighted by molar-refractivity contribution is 0.350.